The second kappa shape index (κ2) is 4.14. The van der Waals surface area contributed by atoms with Crippen LogP contribution in [0, 0.1) is 0 Å². The summed E-state index contributed by atoms with van der Waals surface area (Å²) in [5.41, 5.74) is 1.41. The van der Waals surface area contributed by atoms with Crippen molar-refractivity contribution >= 4 is 5.97 Å². The van der Waals surface area contributed by atoms with Crippen LogP contribution in [-0.2, 0) is 0 Å². The maximum Gasteiger partial charge on any atom is 0.339 e. The van der Waals surface area contributed by atoms with Crippen LogP contribution in [0.25, 0.3) is 11.5 Å². The van der Waals surface area contributed by atoms with Crippen LogP contribution < -0.4 is 0 Å². The van der Waals surface area contributed by atoms with Gasteiger partial charge in [0.1, 0.15) is 12.0 Å². The maximum absolute atomic E-state index is 11.1. The molecule has 0 aromatic carbocycles. The largest absolute Gasteiger partial charge is 0.478 e. The minimum atomic E-state index is -0.980. The Labute approximate surface area is 103 Å². The molecular formula is C12H10N4O2. The molecule has 2 heterocycles. The van der Waals surface area contributed by atoms with Crippen LogP contribution in [0.1, 0.15) is 34.8 Å². The molecule has 1 saturated carbocycles. The highest BCUT2D eigenvalue weighted by Gasteiger charge is 2.30. The molecule has 2 aromatic rings. The molecule has 0 saturated heterocycles. The Morgan fingerprint density at radius 1 is 1.33 bits per heavy atom. The van der Waals surface area contributed by atoms with Crippen LogP contribution >= 0.6 is 0 Å². The fourth-order valence-electron chi connectivity index (χ4n) is 1.77. The van der Waals surface area contributed by atoms with E-state index in [2.05, 4.69) is 19.9 Å². The van der Waals surface area contributed by atoms with Crippen LogP contribution in [0.15, 0.2) is 24.8 Å². The third-order valence-electron chi connectivity index (χ3n) is 2.82. The van der Waals surface area contributed by atoms with Crippen LogP contribution in [0.4, 0.5) is 0 Å². The van der Waals surface area contributed by atoms with E-state index in [0.29, 0.717) is 17.2 Å². The molecule has 1 aliphatic rings. The summed E-state index contributed by atoms with van der Waals surface area (Å²) >= 11 is 0. The Balaban J connectivity index is 2.08. The van der Waals surface area contributed by atoms with Gasteiger partial charge in [0.2, 0.25) is 0 Å². The fourth-order valence-corrected chi connectivity index (χ4v) is 1.77. The molecule has 0 amide bonds. The molecule has 1 aliphatic carbocycles. The van der Waals surface area contributed by atoms with Crippen molar-refractivity contribution in [3.8, 4) is 11.5 Å². The number of carboxylic acid groups (broad SMARTS) is 1. The van der Waals surface area contributed by atoms with Gasteiger partial charge in [0.15, 0.2) is 5.82 Å². The molecule has 0 spiro atoms. The van der Waals surface area contributed by atoms with E-state index >= 15 is 0 Å². The summed E-state index contributed by atoms with van der Waals surface area (Å²) in [5.74, 6) is -0.282. The maximum atomic E-state index is 11.1. The van der Waals surface area contributed by atoms with Crippen molar-refractivity contribution in [3.63, 3.8) is 0 Å². The number of carboxylic acids is 1. The standard InChI is InChI=1S/C12H10N4O2/c17-12(18)8-5-14-11(9-3-4-13-6-15-9)16-10(8)7-1-2-7/h3-7H,1-2H2,(H,17,18). The van der Waals surface area contributed by atoms with Gasteiger partial charge in [-0.05, 0) is 18.9 Å². The smallest absolute Gasteiger partial charge is 0.339 e. The van der Waals surface area contributed by atoms with Gasteiger partial charge in [-0.25, -0.2) is 24.7 Å². The van der Waals surface area contributed by atoms with Gasteiger partial charge in [0, 0.05) is 18.3 Å². The SMILES string of the molecule is O=C(O)c1cnc(-c2ccncn2)nc1C1CC1. The van der Waals surface area contributed by atoms with Gasteiger partial charge >= 0.3 is 5.97 Å². The molecule has 0 aliphatic heterocycles. The Kier molecular flexibility index (Phi) is 2.47. The number of nitrogens with zero attached hydrogens (tertiary/aromatic N) is 4. The molecule has 2 aromatic heterocycles. The number of aromatic nitrogens is 4. The highest BCUT2D eigenvalue weighted by atomic mass is 16.4. The Morgan fingerprint density at radius 2 is 2.17 bits per heavy atom. The molecular weight excluding hydrogens is 232 g/mol. The van der Waals surface area contributed by atoms with E-state index < -0.39 is 5.97 Å². The third-order valence-corrected chi connectivity index (χ3v) is 2.82. The number of hydrogen-bond acceptors (Lipinski definition) is 5. The number of rotatable bonds is 3. The van der Waals surface area contributed by atoms with Crippen LogP contribution in [0.2, 0.25) is 0 Å². The molecule has 1 N–H and O–H groups in total. The summed E-state index contributed by atoms with van der Waals surface area (Å²) in [6, 6.07) is 1.70. The van der Waals surface area contributed by atoms with Gasteiger partial charge in [-0.15, -0.1) is 0 Å². The average Bonchev–Trinajstić information content (AvgIpc) is 3.23. The Hall–Kier alpha value is -2.37. The first kappa shape index (κ1) is 10.8. The summed E-state index contributed by atoms with van der Waals surface area (Å²) in [4.78, 5) is 27.4. The van der Waals surface area contributed by atoms with Crippen molar-refractivity contribution in [1.82, 2.24) is 19.9 Å². The number of aromatic carboxylic acids is 1. The summed E-state index contributed by atoms with van der Waals surface area (Å²) in [7, 11) is 0. The quantitative estimate of drug-likeness (QED) is 0.877. The summed E-state index contributed by atoms with van der Waals surface area (Å²) in [6.45, 7) is 0. The zero-order chi connectivity index (χ0) is 12.5. The summed E-state index contributed by atoms with van der Waals surface area (Å²) in [6.07, 6.45) is 6.36. The third kappa shape index (κ3) is 1.92. The van der Waals surface area contributed by atoms with Gasteiger partial charge in [-0.1, -0.05) is 0 Å². The van der Waals surface area contributed by atoms with Crippen LogP contribution in [0.3, 0.4) is 0 Å². The highest BCUT2D eigenvalue weighted by Crippen LogP contribution is 2.40. The van der Waals surface area contributed by atoms with E-state index in [1.807, 2.05) is 0 Å². The molecule has 0 bridgehead atoms. The highest BCUT2D eigenvalue weighted by molar-refractivity contribution is 5.89. The molecule has 0 atom stereocenters. The lowest BCUT2D eigenvalue weighted by molar-refractivity contribution is 0.0694. The van der Waals surface area contributed by atoms with Crippen molar-refractivity contribution < 1.29 is 9.90 Å². The van der Waals surface area contributed by atoms with Crippen molar-refractivity contribution in [1.29, 1.82) is 0 Å². The van der Waals surface area contributed by atoms with E-state index in [1.165, 1.54) is 12.5 Å². The van der Waals surface area contributed by atoms with E-state index in [1.54, 1.807) is 12.3 Å². The first-order chi connectivity index (χ1) is 8.75. The minimum Gasteiger partial charge on any atom is -0.478 e. The molecule has 6 nitrogen and oxygen atoms in total. The predicted octanol–water partition coefficient (Wildman–Crippen LogP) is 1.51. The Bertz CT molecular complexity index is 596. The normalized spacial score (nSPS) is 14.4. The van der Waals surface area contributed by atoms with Crippen molar-refractivity contribution in [2.45, 2.75) is 18.8 Å². The Morgan fingerprint density at radius 3 is 2.78 bits per heavy atom. The zero-order valence-electron chi connectivity index (χ0n) is 9.45. The van der Waals surface area contributed by atoms with E-state index in [-0.39, 0.29) is 11.5 Å². The lowest BCUT2D eigenvalue weighted by Crippen LogP contribution is -2.07. The average molecular weight is 242 g/mol. The lowest BCUT2D eigenvalue weighted by atomic mass is 10.1. The van der Waals surface area contributed by atoms with E-state index in [9.17, 15) is 4.79 Å². The fraction of sp³-hybridized carbons (Fsp3) is 0.250. The zero-order valence-corrected chi connectivity index (χ0v) is 9.45. The molecule has 6 heteroatoms. The van der Waals surface area contributed by atoms with Crippen molar-refractivity contribution in [3.05, 3.63) is 36.0 Å². The lowest BCUT2D eigenvalue weighted by Gasteiger charge is -2.05. The molecule has 90 valence electrons. The molecule has 1 fully saturated rings. The van der Waals surface area contributed by atoms with Gasteiger partial charge in [0.25, 0.3) is 0 Å². The van der Waals surface area contributed by atoms with Gasteiger partial charge in [-0.2, -0.15) is 0 Å². The van der Waals surface area contributed by atoms with Gasteiger partial charge in [-0.3, -0.25) is 0 Å². The molecule has 18 heavy (non-hydrogen) atoms. The van der Waals surface area contributed by atoms with Crippen LogP contribution in [-0.4, -0.2) is 31.0 Å². The summed E-state index contributed by atoms with van der Waals surface area (Å²) in [5, 5.41) is 9.10. The van der Waals surface area contributed by atoms with Crippen molar-refractivity contribution in [2.24, 2.45) is 0 Å². The number of carbonyl (C=O) groups is 1. The monoisotopic (exact) mass is 242 g/mol. The van der Waals surface area contributed by atoms with E-state index in [0.717, 1.165) is 12.8 Å². The van der Waals surface area contributed by atoms with Gasteiger partial charge < -0.3 is 5.11 Å². The van der Waals surface area contributed by atoms with E-state index in [4.69, 9.17) is 5.11 Å². The summed E-state index contributed by atoms with van der Waals surface area (Å²) < 4.78 is 0. The predicted molar refractivity (Wildman–Crippen MR) is 62.0 cm³/mol. The number of hydrogen-bond donors (Lipinski definition) is 1. The van der Waals surface area contributed by atoms with Crippen molar-refractivity contribution in [2.75, 3.05) is 0 Å². The topological polar surface area (TPSA) is 88.9 Å². The minimum absolute atomic E-state index is 0.190. The van der Waals surface area contributed by atoms with Crippen LogP contribution in [0.5, 0.6) is 0 Å². The first-order valence-corrected chi connectivity index (χ1v) is 5.62. The molecule has 0 radical (unpaired) electrons. The molecule has 3 rings (SSSR count). The molecule has 0 unspecified atom stereocenters. The first-order valence-electron chi connectivity index (χ1n) is 5.62. The van der Waals surface area contributed by atoms with Gasteiger partial charge in [0.05, 0.1) is 11.3 Å². The second-order valence-corrected chi connectivity index (χ2v) is 4.17. The second-order valence-electron chi connectivity index (χ2n) is 4.17.